The largest absolute Gasteiger partial charge is 0.382 e. The smallest absolute Gasteiger partial charge is 0.214 e. The molecule has 1 aromatic heterocycles. The molecule has 9 nitrogen and oxygen atoms in total. The van der Waals surface area contributed by atoms with Crippen LogP contribution in [0.3, 0.4) is 0 Å². The Kier molecular flexibility index (Phi) is 8.79. The molecule has 2 saturated heterocycles. The topological polar surface area (TPSA) is 121 Å². The van der Waals surface area contributed by atoms with Crippen molar-refractivity contribution < 1.29 is 22.0 Å². The van der Waals surface area contributed by atoms with Crippen LogP contribution >= 0.6 is 11.3 Å². The van der Waals surface area contributed by atoms with Gasteiger partial charge in [0.1, 0.15) is 22.3 Å². The average Bonchev–Trinajstić information content (AvgIpc) is 3.18. The van der Waals surface area contributed by atoms with E-state index < -0.39 is 33.0 Å². The minimum absolute atomic E-state index is 0.0419. The summed E-state index contributed by atoms with van der Waals surface area (Å²) < 4.78 is 55.4. The number of halogens is 2. The fourth-order valence-corrected chi connectivity index (χ4v) is 7.49. The Balaban J connectivity index is 1.28. The molecule has 0 saturated carbocycles. The molecular formula is C24H34F2N6O3S2. The first-order chi connectivity index (χ1) is 17.5. The van der Waals surface area contributed by atoms with Crippen molar-refractivity contribution in [2.75, 3.05) is 49.5 Å². The van der Waals surface area contributed by atoms with Gasteiger partial charge in [0.25, 0.3) is 0 Å². The molecule has 2 aliphatic heterocycles. The Bertz CT molecular complexity index is 1190. The van der Waals surface area contributed by atoms with Crippen LogP contribution in [0, 0.1) is 11.6 Å². The van der Waals surface area contributed by atoms with Crippen LogP contribution in [-0.4, -0.2) is 85.0 Å². The third kappa shape index (κ3) is 6.82. The maximum absolute atomic E-state index is 14.0. The van der Waals surface area contributed by atoms with Gasteiger partial charge in [0.2, 0.25) is 15.8 Å². The second-order valence-electron chi connectivity index (χ2n) is 9.87. The van der Waals surface area contributed by atoms with Crippen molar-refractivity contribution in [3.05, 3.63) is 40.3 Å². The summed E-state index contributed by atoms with van der Waals surface area (Å²) in [5, 5.41) is 7.04. The molecule has 13 heteroatoms. The van der Waals surface area contributed by atoms with Crippen molar-refractivity contribution in [2.24, 2.45) is 0 Å². The second-order valence-corrected chi connectivity index (χ2v) is 13.0. The Morgan fingerprint density at radius 2 is 1.81 bits per heavy atom. The van der Waals surface area contributed by atoms with Gasteiger partial charge in [0.15, 0.2) is 5.13 Å². The number of aromatic nitrogens is 1. The number of piperidine rings is 1. The van der Waals surface area contributed by atoms with Crippen molar-refractivity contribution in [2.45, 2.75) is 51.2 Å². The monoisotopic (exact) mass is 556 g/mol. The van der Waals surface area contributed by atoms with Crippen LogP contribution in [0.15, 0.2) is 18.2 Å². The van der Waals surface area contributed by atoms with E-state index in [1.54, 1.807) is 4.31 Å². The Hall–Kier alpha value is -2.19. The highest BCUT2D eigenvalue weighted by Crippen LogP contribution is 2.30. The second kappa shape index (κ2) is 11.7. The molecule has 4 N–H and O–H groups in total. The van der Waals surface area contributed by atoms with E-state index in [2.05, 4.69) is 34.4 Å². The van der Waals surface area contributed by atoms with E-state index in [0.717, 1.165) is 43.1 Å². The Labute approximate surface area is 220 Å². The van der Waals surface area contributed by atoms with Gasteiger partial charge < -0.3 is 21.3 Å². The van der Waals surface area contributed by atoms with Gasteiger partial charge in [0.05, 0.1) is 11.3 Å². The average molecular weight is 557 g/mol. The van der Waals surface area contributed by atoms with Crippen LogP contribution in [0.4, 0.5) is 19.7 Å². The van der Waals surface area contributed by atoms with Crippen molar-refractivity contribution in [3.8, 4) is 0 Å². The van der Waals surface area contributed by atoms with Crippen LogP contribution in [-0.2, 0) is 10.0 Å². The summed E-state index contributed by atoms with van der Waals surface area (Å²) >= 11 is 0.934. The van der Waals surface area contributed by atoms with Crippen LogP contribution in [0.5, 0.6) is 0 Å². The zero-order valence-corrected chi connectivity index (χ0v) is 22.7. The maximum Gasteiger partial charge on any atom is 0.214 e. The summed E-state index contributed by atoms with van der Waals surface area (Å²) in [6.07, 6.45) is 1.73. The van der Waals surface area contributed by atoms with Crippen LogP contribution in [0.1, 0.15) is 48.3 Å². The number of nitrogen functional groups attached to an aromatic ring is 1. The number of benzene rings is 1. The van der Waals surface area contributed by atoms with Crippen molar-refractivity contribution in [1.29, 1.82) is 0 Å². The zero-order chi connectivity index (χ0) is 26.7. The minimum Gasteiger partial charge on any atom is -0.382 e. The molecule has 0 spiro atoms. The summed E-state index contributed by atoms with van der Waals surface area (Å²) in [6.45, 7) is 7.65. The summed E-state index contributed by atoms with van der Waals surface area (Å²) in [5.41, 5.74) is 5.22. The highest BCUT2D eigenvalue weighted by atomic mass is 32.2. The number of thiazole rings is 1. The number of nitrogens with zero attached hydrogens (tertiary/aromatic N) is 3. The van der Waals surface area contributed by atoms with E-state index in [4.69, 9.17) is 5.73 Å². The molecule has 0 radical (unpaired) electrons. The van der Waals surface area contributed by atoms with Gasteiger partial charge in [-0.2, -0.15) is 0 Å². The zero-order valence-electron chi connectivity index (χ0n) is 21.0. The third-order valence-corrected chi connectivity index (χ3v) is 9.69. The normalized spacial score (nSPS) is 22.3. The lowest BCUT2D eigenvalue weighted by Gasteiger charge is -2.36. The van der Waals surface area contributed by atoms with E-state index in [0.29, 0.717) is 49.6 Å². The first-order valence-electron chi connectivity index (χ1n) is 12.5. The highest BCUT2D eigenvalue weighted by Gasteiger charge is 2.30. The van der Waals surface area contributed by atoms with Crippen LogP contribution in [0.25, 0.3) is 0 Å². The summed E-state index contributed by atoms with van der Waals surface area (Å²) in [7, 11) is -3.35. The molecule has 2 aromatic rings. The Morgan fingerprint density at radius 1 is 1.19 bits per heavy atom. The number of rotatable bonds is 9. The standard InChI is InChI=1S/C24H34F2N6O3S2/c1-15-13-31(14-16(2)28-15)9-4-12-37(34,35)32-10-7-17(8-11-32)29-24-30-23(27)22(36-24)21(33)20-18(25)5-3-6-19(20)26/h3,5-6,15-17,28H,4,7-14,27H2,1-2H3,(H,29,30)/t15-,16+. The number of piperazine rings is 1. The van der Waals surface area contributed by atoms with Gasteiger partial charge in [-0.3, -0.25) is 4.79 Å². The SMILES string of the molecule is C[C@@H]1CN(CCCS(=O)(=O)N2CCC(Nc3nc(N)c(C(=O)c4c(F)cccc4F)s3)CC2)C[C@H](C)N1. The fraction of sp³-hybridized carbons (Fsp3) is 0.583. The number of nitrogens with one attached hydrogen (secondary N) is 2. The number of ketones is 1. The van der Waals surface area contributed by atoms with E-state index in [9.17, 15) is 22.0 Å². The highest BCUT2D eigenvalue weighted by molar-refractivity contribution is 7.89. The van der Waals surface area contributed by atoms with E-state index >= 15 is 0 Å². The van der Waals surface area contributed by atoms with Gasteiger partial charge in [-0.15, -0.1) is 0 Å². The van der Waals surface area contributed by atoms with Gasteiger partial charge in [-0.1, -0.05) is 17.4 Å². The molecule has 4 rings (SSSR count). The van der Waals surface area contributed by atoms with Gasteiger partial charge >= 0.3 is 0 Å². The number of nitrogens with two attached hydrogens (primary N) is 1. The fourth-order valence-electron chi connectivity index (χ4n) is 5.06. The first kappa shape index (κ1) is 27.8. The third-order valence-electron chi connectivity index (χ3n) is 6.73. The summed E-state index contributed by atoms with van der Waals surface area (Å²) in [5.74, 6) is -2.76. The summed E-state index contributed by atoms with van der Waals surface area (Å²) in [6, 6.07) is 3.95. The lowest BCUT2D eigenvalue weighted by Crippen LogP contribution is -2.54. The molecular weight excluding hydrogens is 522 g/mol. The molecule has 3 heterocycles. The minimum atomic E-state index is -3.35. The van der Waals surface area contributed by atoms with E-state index in [-0.39, 0.29) is 22.5 Å². The van der Waals surface area contributed by atoms with E-state index in [1.807, 2.05) is 0 Å². The molecule has 2 aliphatic rings. The molecule has 2 atom stereocenters. The molecule has 0 bridgehead atoms. The van der Waals surface area contributed by atoms with E-state index in [1.165, 1.54) is 6.07 Å². The molecule has 0 amide bonds. The molecule has 0 aliphatic carbocycles. The van der Waals surface area contributed by atoms with Gasteiger partial charge in [-0.05, 0) is 51.8 Å². The van der Waals surface area contributed by atoms with Crippen molar-refractivity contribution in [3.63, 3.8) is 0 Å². The number of hydrogen-bond donors (Lipinski definition) is 3. The summed E-state index contributed by atoms with van der Waals surface area (Å²) in [4.78, 5) is 19.1. The number of anilines is 2. The predicted molar refractivity (Wildman–Crippen MR) is 141 cm³/mol. The Morgan fingerprint density at radius 3 is 2.43 bits per heavy atom. The van der Waals surface area contributed by atoms with Gasteiger partial charge in [0, 0.05) is 44.3 Å². The molecule has 37 heavy (non-hydrogen) atoms. The van der Waals surface area contributed by atoms with Crippen LogP contribution in [0.2, 0.25) is 0 Å². The molecule has 2 fully saturated rings. The number of hydrogen-bond acceptors (Lipinski definition) is 9. The molecule has 1 aromatic carbocycles. The lowest BCUT2D eigenvalue weighted by molar-refractivity contribution is 0.103. The lowest BCUT2D eigenvalue weighted by atomic mass is 10.1. The number of sulfonamides is 1. The molecule has 204 valence electrons. The predicted octanol–water partition coefficient (Wildman–Crippen LogP) is 2.51. The van der Waals surface area contributed by atoms with Crippen LogP contribution < -0.4 is 16.4 Å². The molecule has 0 unspecified atom stereocenters. The first-order valence-corrected chi connectivity index (χ1v) is 14.9. The maximum atomic E-state index is 14.0. The van der Waals surface area contributed by atoms with Crippen molar-refractivity contribution >= 4 is 38.1 Å². The van der Waals surface area contributed by atoms with Gasteiger partial charge in [-0.25, -0.2) is 26.5 Å². The van der Waals surface area contributed by atoms with Crippen molar-refractivity contribution in [1.82, 2.24) is 19.5 Å². The number of carbonyl (C=O) groups excluding carboxylic acids is 1. The number of carbonyl (C=O) groups is 1. The quantitative estimate of drug-likeness (QED) is 0.403.